The fourth-order valence-corrected chi connectivity index (χ4v) is 1.87. The van der Waals surface area contributed by atoms with Gasteiger partial charge < -0.3 is 9.88 Å². The molecule has 0 saturated heterocycles. The molecule has 0 aliphatic carbocycles. The maximum Gasteiger partial charge on any atom is 0.128 e. The van der Waals surface area contributed by atoms with E-state index in [1.165, 1.54) is 12.1 Å². The van der Waals surface area contributed by atoms with Gasteiger partial charge in [-0.2, -0.15) is 0 Å². The minimum atomic E-state index is -0.221. The number of aromatic nitrogens is 2. The molecule has 18 heavy (non-hydrogen) atoms. The summed E-state index contributed by atoms with van der Waals surface area (Å²) in [6, 6.07) is 6.63. The number of imidazole rings is 1. The van der Waals surface area contributed by atoms with E-state index >= 15 is 0 Å². The van der Waals surface area contributed by atoms with Gasteiger partial charge in [0, 0.05) is 13.1 Å². The highest BCUT2D eigenvalue weighted by Crippen LogP contribution is 2.15. The lowest BCUT2D eigenvalue weighted by atomic mass is 10.1. The molecule has 96 valence electrons. The van der Waals surface area contributed by atoms with Gasteiger partial charge in [-0.25, -0.2) is 9.37 Å². The van der Waals surface area contributed by atoms with Crippen molar-refractivity contribution in [1.29, 1.82) is 0 Å². The summed E-state index contributed by atoms with van der Waals surface area (Å²) in [4.78, 5) is 4.19. The molecule has 0 aliphatic heterocycles. The summed E-state index contributed by atoms with van der Waals surface area (Å²) < 4.78 is 14.9. The first-order valence-corrected chi connectivity index (χ1v) is 6.10. The smallest absolute Gasteiger partial charge is 0.128 e. The Bertz CT molecular complexity index is 539. The predicted molar refractivity (Wildman–Crippen MR) is 69.9 cm³/mol. The Labute approximate surface area is 111 Å². The molecule has 5 heteroatoms. The van der Waals surface area contributed by atoms with Crippen molar-refractivity contribution in [2.75, 3.05) is 0 Å². The molecular weight excluding hydrogens is 253 g/mol. The van der Waals surface area contributed by atoms with Gasteiger partial charge in [0.15, 0.2) is 0 Å². The molecule has 2 rings (SSSR count). The third kappa shape index (κ3) is 2.89. The predicted octanol–water partition coefficient (Wildman–Crippen LogP) is 3.06. The lowest BCUT2D eigenvalue weighted by Gasteiger charge is -2.14. The summed E-state index contributed by atoms with van der Waals surface area (Å²) in [7, 11) is 1.86. The Morgan fingerprint density at radius 1 is 1.50 bits per heavy atom. The molecule has 0 saturated carbocycles. The quantitative estimate of drug-likeness (QED) is 0.923. The fraction of sp³-hybridized carbons (Fsp3) is 0.308. The van der Waals surface area contributed by atoms with Crippen LogP contribution in [0.2, 0.25) is 5.15 Å². The molecule has 0 radical (unpaired) electrons. The first-order chi connectivity index (χ1) is 8.58. The number of halogens is 2. The van der Waals surface area contributed by atoms with Crippen molar-refractivity contribution in [3.63, 3.8) is 0 Å². The van der Waals surface area contributed by atoms with Crippen molar-refractivity contribution < 1.29 is 4.39 Å². The molecule has 0 amide bonds. The van der Waals surface area contributed by atoms with E-state index in [1.54, 1.807) is 12.3 Å². The minimum absolute atomic E-state index is 0.0520. The molecule has 1 heterocycles. The maximum atomic E-state index is 13.1. The van der Waals surface area contributed by atoms with Crippen molar-refractivity contribution in [1.82, 2.24) is 14.9 Å². The average molecular weight is 268 g/mol. The van der Waals surface area contributed by atoms with E-state index in [4.69, 9.17) is 11.6 Å². The molecule has 0 unspecified atom stereocenters. The zero-order valence-electron chi connectivity index (χ0n) is 10.3. The van der Waals surface area contributed by atoms with E-state index in [-0.39, 0.29) is 11.9 Å². The van der Waals surface area contributed by atoms with Gasteiger partial charge in [0.2, 0.25) is 0 Å². The summed E-state index contributed by atoms with van der Waals surface area (Å²) in [5.41, 5.74) is 0.912. The highest BCUT2D eigenvalue weighted by Gasteiger charge is 2.08. The van der Waals surface area contributed by atoms with Crippen LogP contribution in [0.4, 0.5) is 4.39 Å². The van der Waals surface area contributed by atoms with Crippen molar-refractivity contribution in [2.24, 2.45) is 7.05 Å². The molecule has 1 aromatic heterocycles. The van der Waals surface area contributed by atoms with Crippen molar-refractivity contribution in [2.45, 2.75) is 19.5 Å². The highest BCUT2D eigenvalue weighted by molar-refractivity contribution is 6.29. The van der Waals surface area contributed by atoms with Crippen LogP contribution in [-0.2, 0) is 13.6 Å². The number of hydrogen-bond acceptors (Lipinski definition) is 2. The summed E-state index contributed by atoms with van der Waals surface area (Å²) in [6.45, 7) is 2.57. The van der Waals surface area contributed by atoms with Gasteiger partial charge in [-0.1, -0.05) is 23.7 Å². The lowest BCUT2D eigenvalue weighted by molar-refractivity contribution is 0.543. The van der Waals surface area contributed by atoms with Gasteiger partial charge >= 0.3 is 0 Å². The van der Waals surface area contributed by atoms with Crippen LogP contribution in [0.1, 0.15) is 24.4 Å². The van der Waals surface area contributed by atoms with Gasteiger partial charge in [0.1, 0.15) is 16.8 Å². The average Bonchev–Trinajstić information content (AvgIpc) is 2.67. The molecule has 3 nitrogen and oxygen atoms in total. The van der Waals surface area contributed by atoms with Crippen LogP contribution in [0, 0.1) is 5.82 Å². The second kappa shape index (κ2) is 5.50. The Morgan fingerprint density at radius 3 is 2.89 bits per heavy atom. The lowest BCUT2D eigenvalue weighted by Crippen LogP contribution is -2.20. The van der Waals surface area contributed by atoms with E-state index in [0.717, 1.165) is 11.4 Å². The van der Waals surface area contributed by atoms with Gasteiger partial charge in [-0.15, -0.1) is 0 Å². The molecule has 1 atom stereocenters. The number of benzene rings is 1. The molecule has 2 aromatic rings. The molecule has 0 bridgehead atoms. The van der Waals surface area contributed by atoms with Crippen LogP contribution < -0.4 is 5.32 Å². The molecule has 0 aliphatic rings. The molecule has 0 spiro atoms. The Balaban J connectivity index is 2.00. The molecular formula is C13H15ClFN3. The number of rotatable bonds is 4. The van der Waals surface area contributed by atoms with Gasteiger partial charge in [-0.05, 0) is 24.6 Å². The largest absolute Gasteiger partial charge is 0.321 e. The summed E-state index contributed by atoms with van der Waals surface area (Å²) in [5, 5.41) is 3.89. The zero-order chi connectivity index (χ0) is 13.1. The summed E-state index contributed by atoms with van der Waals surface area (Å²) >= 11 is 5.91. The normalized spacial score (nSPS) is 12.7. The number of nitrogens with one attached hydrogen (secondary N) is 1. The third-order valence-corrected chi connectivity index (χ3v) is 3.29. The topological polar surface area (TPSA) is 29.9 Å². The first kappa shape index (κ1) is 13.1. The third-order valence-electron chi connectivity index (χ3n) is 2.94. The second-order valence-corrected chi connectivity index (χ2v) is 4.60. The minimum Gasteiger partial charge on any atom is -0.321 e. The zero-order valence-corrected chi connectivity index (χ0v) is 11.1. The first-order valence-electron chi connectivity index (χ1n) is 5.73. The number of nitrogens with zero attached hydrogens (tertiary/aromatic N) is 2. The Hall–Kier alpha value is -1.39. The van der Waals surface area contributed by atoms with E-state index < -0.39 is 0 Å². The van der Waals surface area contributed by atoms with Crippen molar-refractivity contribution >= 4 is 11.6 Å². The molecule has 1 N–H and O–H groups in total. The van der Waals surface area contributed by atoms with Gasteiger partial charge in [0.25, 0.3) is 0 Å². The molecule has 0 fully saturated rings. The van der Waals surface area contributed by atoms with Crippen molar-refractivity contribution in [3.05, 3.63) is 52.8 Å². The number of hydrogen-bond donors (Lipinski definition) is 1. The summed E-state index contributed by atoms with van der Waals surface area (Å²) in [5.74, 6) is 0.629. The second-order valence-electron chi connectivity index (χ2n) is 4.21. The molecule has 1 aromatic carbocycles. The Morgan fingerprint density at radius 2 is 2.28 bits per heavy atom. The van der Waals surface area contributed by atoms with Crippen LogP contribution in [-0.4, -0.2) is 9.55 Å². The van der Waals surface area contributed by atoms with E-state index in [0.29, 0.717) is 11.7 Å². The van der Waals surface area contributed by atoms with Crippen LogP contribution >= 0.6 is 11.6 Å². The van der Waals surface area contributed by atoms with Crippen LogP contribution in [0.5, 0.6) is 0 Å². The highest BCUT2D eigenvalue weighted by atomic mass is 35.5. The standard InChI is InChI=1S/C13H15ClFN3/c1-9(10-4-3-5-11(15)6-10)16-8-13-17-7-12(14)18(13)2/h3-7,9,16H,8H2,1-2H3/t9-/m1/s1. The summed E-state index contributed by atoms with van der Waals surface area (Å²) in [6.07, 6.45) is 1.62. The van der Waals surface area contributed by atoms with Gasteiger partial charge in [0.05, 0.1) is 12.7 Å². The van der Waals surface area contributed by atoms with E-state index in [1.807, 2.05) is 24.6 Å². The maximum absolute atomic E-state index is 13.1. The van der Waals surface area contributed by atoms with Crippen LogP contribution in [0.3, 0.4) is 0 Å². The monoisotopic (exact) mass is 267 g/mol. The van der Waals surface area contributed by atoms with Crippen molar-refractivity contribution in [3.8, 4) is 0 Å². The van der Waals surface area contributed by atoms with Crippen LogP contribution in [0.25, 0.3) is 0 Å². The van der Waals surface area contributed by atoms with Gasteiger partial charge in [-0.3, -0.25) is 0 Å². The van der Waals surface area contributed by atoms with E-state index in [2.05, 4.69) is 10.3 Å². The van der Waals surface area contributed by atoms with Crippen LogP contribution in [0.15, 0.2) is 30.5 Å². The Kier molecular flexibility index (Phi) is 3.99. The van der Waals surface area contributed by atoms with E-state index in [9.17, 15) is 4.39 Å². The SMILES string of the molecule is C[C@@H](NCc1ncc(Cl)n1C)c1cccc(F)c1. The fourth-order valence-electron chi connectivity index (χ4n) is 1.73.